The third-order valence-electron chi connectivity index (χ3n) is 4.40. The molecule has 2 aliphatic rings. The highest BCUT2D eigenvalue weighted by Crippen LogP contribution is 2.49. The first-order valence-corrected chi connectivity index (χ1v) is 8.21. The molecule has 2 aliphatic carbocycles. The fourth-order valence-corrected chi connectivity index (χ4v) is 3.14. The molecule has 2 rings (SSSR count). The van der Waals surface area contributed by atoms with Crippen LogP contribution in [0.4, 0.5) is 26.3 Å². The predicted octanol–water partition coefficient (Wildman–Crippen LogP) is 4.48. The number of carbonyl (C=O) groups excluding carboxylic acids is 1. The van der Waals surface area contributed by atoms with Crippen LogP contribution in [0.3, 0.4) is 0 Å². The molecule has 148 valence electrons. The summed E-state index contributed by atoms with van der Waals surface area (Å²) in [5.41, 5.74) is -5.03. The van der Waals surface area contributed by atoms with E-state index in [0.717, 1.165) is 25.2 Å². The molecule has 25 heavy (non-hydrogen) atoms. The highest BCUT2D eigenvalue weighted by molar-refractivity contribution is 5.73. The largest absolute Gasteiger partial charge is 0.462 e. The van der Waals surface area contributed by atoms with Crippen molar-refractivity contribution in [2.24, 2.45) is 23.7 Å². The average molecular weight is 378 g/mol. The Labute approximate surface area is 142 Å². The van der Waals surface area contributed by atoms with Gasteiger partial charge in [-0.05, 0) is 37.0 Å². The zero-order valence-corrected chi connectivity index (χ0v) is 14.4. The lowest BCUT2D eigenvalue weighted by Gasteiger charge is -2.32. The van der Waals surface area contributed by atoms with Gasteiger partial charge in [0.05, 0.1) is 5.92 Å². The number of aliphatic hydroxyl groups is 1. The van der Waals surface area contributed by atoms with E-state index in [1.54, 1.807) is 0 Å². The number of halogens is 6. The molecule has 0 aliphatic heterocycles. The minimum absolute atomic E-state index is 0.0348. The van der Waals surface area contributed by atoms with Crippen LogP contribution in [-0.4, -0.2) is 35.6 Å². The van der Waals surface area contributed by atoms with Crippen molar-refractivity contribution in [3.63, 3.8) is 0 Å². The number of fused-ring (bicyclic) bond motifs is 2. The Bertz CT molecular complexity index is 441. The fraction of sp³-hybridized carbons (Fsp3) is 0.938. The minimum atomic E-state index is -5.97. The highest BCUT2D eigenvalue weighted by atomic mass is 19.4. The molecule has 3 nitrogen and oxygen atoms in total. The summed E-state index contributed by atoms with van der Waals surface area (Å²) in [6, 6.07) is 0. The minimum Gasteiger partial charge on any atom is -0.462 e. The van der Waals surface area contributed by atoms with Gasteiger partial charge in [-0.3, -0.25) is 4.79 Å². The number of rotatable bonds is 3. The SMILES string of the molecule is CC(C)C.O=C(OCC(O)(C(F)(F)F)C(F)(F)F)C1CC2CCC1C2. The van der Waals surface area contributed by atoms with Crippen LogP contribution < -0.4 is 0 Å². The number of alkyl halides is 6. The van der Waals surface area contributed by atoms with Crippen LogP contribution in [0, 0.1) is 23.7 Å². The van der Waals surface area contributed by atoms with E-state index in [9.17, 15) is 31.1 Å². The van der Waals surface area contributed by atoms with Crippen molar-refractivity contribution in [1.29, 1.82) is 0 Å². The maximum absolute atomic E-state index is 12.4. The second-order valence-electron chi connectivity index (χ2n) is 7.48. The van der Waals surface area contributed by atoms with Gasteiger partial charge in [0.25, 0.3) is 5.60 Å². The van der Waals surface area contributed by atoms with E-state index < -0.39 is 36.4 Å². The summed E-state index contributed by atoms with van der Waals surface area (Å²) >= 11 is 0. The van der Waals surface area contributed by atoms with Crippen molar-refractivity contribution in [2.75, 3.05) is 6.61 Å². The second-order valence-corrected chi connectivity index (χ2v) is 7.48. The van der Waals surface area contributed by atoms with Gasteiger partial charge in [-0.25, -0.2) is 0 Å². The van der Waals surface area contributed by atoms with Crippen molar-refractivity contribution < 1.29 is 41.0 Å². The molecule has 0 aromatic heterocycles. The molecule has 3 unspecified atom stereocenters. The Morgan fingerprint density at radius 3 is 1.84 bits per heavy atom. The molecule has 0 saturated heterocycles. The molecule has 0 radical (unpaired) electrons. The van der Waals surface area contributed by atoms with Crippen molar-refractivity contribution >= 4 is 5.97 Å². The molecule has 0 amide bonds. The smallest absolute Gasteiger partial charge is 0.429 e. The standard InChI is InChI=1S/C12H14F6O3.C4H10/c13-11(14,15)10(20,12(16,17)18)5-21-9(19)8-4-6-1-2-7(8)3-6;1-4(2)3/h6-8,20H,1-5H2;4H,1-3H3. The maximum Gasteiger partial charge on any atom is 0.429 e. The monoisotopic (exact) mass is 378 g/mol. The number of esters is 1. The summed E-state index contributed by atoms with van der Waals surface area (Å²) in [4.78, 5) is 11.7. The predicted molar refractivity (Wildman–Crippen MR) is 77.5 cm³/mol. The van der Waals surface area contributed by atoms with E-state index >= 15 is 0 Å². The van der Waals surface area contributed by atoms with Gasteiger partial charge in [-0.2, -0.15) is 26.3 Å². The molecule has 2 saturated carbocycles. The van der Waals surface area contributed by atoms with Gasteiger partial charge in [0.1, 0.15) is 6.61 Å². The molecule has 9 heteroatoms. The summed E-state index contributed by atoms with van der Waals surface area (Å²) in [7, 11) is 0. The Balaban J connectivity index is 0.000000705. The number of hydrogen-bond donors (Lipinski definition) is 1. The number of hydrogen-bond acceptors (Lipinski definition) is 3. The van der Waals surface area contributed by atoms with Crippen LogP contribution in [0.2, 0.25) is 0 Å². The van der Waals surface area contributed by atoms with Gasteiger partial charge in [0, 0.05) is 0 Å². The first-order valence-electron chi connectivity index (χ1n) is 8.21. The van der Waals surface area contributed by atoms with Crippen LogP contribution in [0.5, 0.6) is 0 Å². The number of ether oxygens (including phenoxy) is 1. The van der Waals surface area contributed by atoms with E-state index in [1.807, 2.05) is 0 Å². The zero-order valence-electron chi connectivity index (χ0n) is 14.4. The summed E-state index contributed by atoms with van der Waals surface area (Å²) in [6.45, 7) is 4.34. The molecule has 0 spiro atoms. The van der Waals surface area contributed by atoms with Gasteiger partial charge >= 0.3 is 18.3 Å². The first kappa shape index (κ1) is 22.1. The van der Waals surface area contributed by atoms with E-state index in [2.05, 4.69) is 25.5 Å². The Hall–Kier alpha value is -0.990. The van der Waals surface area contributed by atoms with Crippen LogP contribution in [0.1, 0.15) is 46.5 Å². The lowest BCUT2D eigenvalue weighted by molar-refractivity contribution is -0.375. The van der Waals surface area contributed by atoms with Gasteiger partial charge in [0.15, 0.2) is 0 Å². The van der Waals surface area contributed by atoms with Crippen molar-refractivity contribution in [3.8, 4) is 0 Å². The van der Waals surface area contributed by atoms with Crippen molar-refractivity contribution in [3.05, 3.63) is 0 Å². The molecule has 0 aromatic carbocycles. The van der Waals surface area contributed by atoms with E-state index in [-0.39, 0.29) is 11.8 Å². The lowest BCUT2D eigenvalue weighted by Crippen LogP contribution is -2.60. The summed E-state index contributed by atoms with van der Waals surface area (Å²) in [6.07, 6.45) is -9.11. The zero-order chi connectivity index (χ0) is 19.6. The summed E-state index contributed by atoms with van der Waals surface area (Å²) in [5.74, 6) is -0.660. The van der Waals surface area contributed by atoms with Crippen LogP contribution >= 0.6 is 0 Å². The topological polar surface area (TPSA) is 46.5 Å². The van der Waals surface area contributed by atoms with Crippen LogP contribution in [0.15, 0.2) is 0 Å². The molecule has 1 N–H and O–H groups in total. The van der Waals surface area contributed by atoms with E-state index in [4.69, 9.17) is 5.11 Å². The normalized spacial score (nSPS) is 26.4. The maximum atomic E-state index is 12.4. The summed E-state index contributed by atoms with van der Waals surface area (Å²) < 4.78 is 78.7. The Morgan fingerprint density at radius 1 is 1.04 bits per heavy atom. The van der Waals surface area contributed by atoms with E-state index in [1.165, 1.54) is 0 Å². The van der Waals surface area contributed by atoms with Gasteiger partial charge < -0.3 is 9.84 Å². The van der Waals surface area contributed by atoms with E-state index in [0.29, 0.717) is 6.42 Å². The second kappa shape index (κ2) is 7.72. The molecule has 0 aromatic rings. The molecule has 0 heterocycles. The third kappa shape index (κ3) is 5.24. The van der Waals surface area contributed by atoms with Gasteiger partial charge in [0.2, 0.25) is 0 Å². The first-order chi connectivity index (χ1) is 11.2. The van der Waals surface area contributed by atoms with Gasteiger partial charge in [-0.1, -0.05) is 27.2 Å². The Kier molecular flexibility index (Phi) is 6.81. The van der Waals surface area contributed by atoms with Crippen LogP contribution in [-0.2, 0) is 9.53 Å². The third-order valence-corrected chi connectivity index (χ3v) is 4.40. The highest BCUT2D eigenvalue weighted by Gasteiger charge is 2.71. The number of carbonyl (C=O) groups is 1. The molecule has 2 bridgehead atoms. The van der Waals surface area contributed by atoms with Crippen molar-refractivity contribution in [1.82, 2.24) is 0 Å². The molecular weight excluding hydrogens is 354 g/mol. The molecule has 2 fully saturated rings. The van der Waals surface area contributed by atoms with Crippen LogP contribution in [0.25, 0.3) is 0 Å². The fourth-order valence-electron chi connectivity index (χ4n) is 3.14. The molecular formula is C16H24F6O3. The average Bonchev–Trinajstić information content (AvgIpc) is 3.03. The lowest BCUT2D eigenvalue weighted by atomic mass is 9.89. The molecule has 3 atom stereocenters. The quantitative estimate of drug-likeness (QED) is 0.582. The Morgan fingerprint density at radius 2 is 1.52 bits per heavy atom. The van der Waals surface area contributed by atoms with Crippen molar-refractivity contribution in [2.45, 2.75) is 64.4 Å². The summed E-state index contributed by atoms with van der Waals surface area (Å²) in [5, 5.41) is 8.88. The van der Waals surface area contributed by atoms with Gasteiger partial charge in [-0.15, -0.1) is 0 Å².